The summed E-state index contributed by atoms with van der Waals surface area (Å²) in [5.74, 6) is 2.10. The molecule has 0 atom stereocenters. The number of methoxy groups -OCH3 is 1. The van der Waals surface area contributed by atoms with E-state index in [2.05, 4.69) is 18.2 Å². The van der Waals surface area contributed by atoms with Crippen molar-refractivity contribution in [2.75, 3.05) is 7.11 Å². The maximum absolute atomic E-state index is 6.15. The molecule has 1 aliphatic carbocycles. The number of aryl methyl sites for hydroxylation is 2. The zero-order valence-corrected chi connectivity index (χ0v) is 11.0. The maximum Gasteiger partial charge on any atom is 0.142 e. The van der Waals surface area contributed by atoms with Gasteiger partial charge in [-0.05, 0) is 31.4 Å². The van der Waals surface area contributed by atoms with E-state index in [0.717, 1.165) is 34.9 Å². The first kappa shape index (κ1) is 10.9. The molecule has 0 radical (unpaired) electrons. The molecule has 0 spiro atoms. The van der Waals surface area contributed by atoms with Crippen LogP contribution in [-0.2, 0) is 12.8 Å². The van der Waals surface area contributed by atoms with Gasteiger partial charge in [-0.1, -0.05) is 18.2 Å². The van der Waals surface area contributed by atoms with Crippen LogP contribution in [0, 0.1) is 0 Å². The number of fused-ring (bicyclic) bond motifs is 5. The highest BCUT2D eigenvalue weighted by Gasteiger charge is 2.19. The van der Waals surface area contributed by atoms with E-state index in [1.807, 2.05) is 12.1 Å². The van der Waals surface area contributed by atoms with Crippen molar-refractivity contribution in [3.8, 4) is 5.75 Å². The van der Waals surface area contributed by atoms with Crippen molar-refractivity contribution in [3.63, 3.8) is 0 Å². The Balaban J connectivity index is 2.12. The SMILES string of the molecule is COc1cccc2c1ccc1c3c(oc12)CCCC3. The molecule has 1 aliphatic rings. The van der Waals surface area contributed by atoms with Crippen molar-refractivity contribution in [3.05, 3.63) is 41.7 Å². The Bertz CT molecular complexity index is 768. The van der Waals surface area contributed by atoms with Crippen molar-refractivity contribution in [2.45, 2.75) is 25.7 Å². The average Bonchev–Trinajstić information content (AvgIpc) is 2.85. The summed E-state index contributed by atoms with van der Waals surface area (Å²) >= 11 is 0. The quantitative estimate of drug-likeness (QED) is 0.637. The Morgan fingerprint density at radius 1 is 0.947 bits per heavy atom. The van der Waals surface area contributed by atoms with Gasteiger partial charge in [0.15, 0.2) is 0 Å². The van der Waals surface area contributed by atoms with Crippen molar-refractivity contribution >= 4 is 21.7 Å². The van der Waals surface area contributed by atoms with Crippen LogP contribution in [0.4, 0.5) is 0 Å². The summed E-state index contributed by atoms with van der Waals surface area (Å²) in [7, 11) is 1.71. The van der Waals surface area contributed by atoms with Gasteiger partial charge in [-0.25, -0.2) is 0 Å². The highest BCUT2D eigenvalue weighted by Crippen LogP contribution is 2.38. The first-order valence-electron chi connectivity index (χ1n) is 6.88. The van der Waals surface area contributed by atoms with E-state index in [0.29, 0.717) is 0 Å². The summed E-state index contributed by atoms with van der Waals surface area (Å²) in [6, 6.07) is 10.5. The zero-order chi connectivity index (χ0) is 12.8. The highest BCUT2D eigenvalue weighted by molar-refractivity contribution is 6.07. The summed E-state index contributed by atoms with van der Waals surface area (Å²) in [6.07, 6.45) is 4.75. The summed E-state index contributed by atoms with van der Waals surface area (Å²) in [4.78, 5) is 0. The lowest BCUT2D eigenvalue weighted by atomic mass is 9.95. The average molecular weight is 252 g/mol. The molecular weight excluding hydrogens is 236 g/mol. The highest BCUT2D eigenvalue weighted by atomic mass is 16.5. The Labute approximate surface area is 112 Å². The van der Waals surface area contributed by atoms with Crippen molar-refractivity contribution < 1.29 is 9.15 Å². The molecule has 2 aromatic carbocycles. The van der Waals surface area contributed by atoms with Crippen LogP contribution >= 0.6 is 0 Å². The van der Waals surface area contributed by atoms with Gasteiger partial charge < -0.3 is 9.15 Å². The Morgan fingerprint density at radius 2 is 1.79 bits per heavy atom. The third kappa shape index (κ3) is 1.49. The van der Waals surface area contributed by atoms with E-state index in [4.69, 9.17) is 9.15 Å². The molecule has 2 heteroatoms. The fourth-order valence-corrected chi connectivity index (χ4v) is 3.23. The van der Waals surface area contributed by atoms with Gasteiger partial charge in [0.25, 0.3) is 0 Å². The van der Waals surface area contributed by atoms with Crippen molar-refractivity contribution in [1.29, 1.82) is 0 Å². The lowest BCUT2D eigenvalue weighted by molar-refractivity contribution is 0.420. The fourth-order valence-electron chi connectivity index (χ4n) is 3.23. The molecule has 4 rings (SSSR count). The summed E-state index contributed by atoms with van der Waals surface area (Å²) < 4.78 is 11.6. The molecule has 0 aliphatic heterocycles. The second-order valence-electron chi connectivity index (χ2n) is 5.21. The van der Waals surface area contributed by atoms with Crippen LogP contribution in [-0.4, -0.2) is 7.11 Å². The van der Waals surface area contributed by atoms with Gasteiger partial charge in [0.1, 0.15) is 17.1 Å². The summed E-state index contributed by atoms with van der Waals surface area (Å²) in [6.45, 7) is 0. The van der Waals surface area contributed by atoms with E-state index in [1.165, 1.54) is 29.6 Å². The van der Waals surface area contributed by atoms with Crippen LogP contribution < -0.4 is 4.74 Å². The number of furan rings is 1. The monoisotopic (exact) mass is 252 g/mol. The Hall–Kier alpha value is -1.96. The minimum atomic E-state index is 0.911. The van der Waals surface area contributed by atoms with Crippen LogP contribution in [0.25, 0.3) is 21.7 Å². The molecule has 0 N–H and O–H groups in total. The molecule has 0 bridgehead atoms. The Kier molecular flexibility index (Phi) is 2.31. The van der Waals surface area contributed by atoms with Gasteiger partial charge in [-0.2, -0.15) is 0 Å². The van der Waals surface area contributed by atoms with E-state index in [9.17, 15) is 0 Å². The molecule has 0 amide bonds. The molecule has 0 unspecified atom stereocenters. The standard InChI is InChI=1S/C17H16O2/c1-18-15-8-4-6-13-12(15)9-10-14-11-5-2-3-7-16(11)19-17(13)14/h4,6,8-10H,2-3,5,7H2,1H3. The van der Waals surface area contributed by atoms with Crippen LogP contribution in [0.15, 0.2) is 34.7 Å². The van der Waals surface area contributed by atoms with Gasteiger partial charge >= 0.3 is 0 Å². The first-order valence-corrected chi connectivity index (χ1v) is 6.88. The predicted molar refractivity (Wildman–Crippen MR) is 76.9 cm³/mol. The normalized spacial score (nSPS) is 14.8. The molecule has 1 heterocycles. The third-order valence-corrected chi connectivity index (χ3v) is 4.16. The molecule has 19 heavy (non-hydrogen) atoms. The van der Waals surface area contributed by atoms with E-state index in [1.54, 1.807) is 7.11 Å². The molecule has 2 nitrogen and oxygen atoms in total. The van der Waals surface area contributed by atoms with E-state index >= 15 is 0 Å². The van der Waals surface area contributed by atoms with Gasteiger partial charge in [0.05, 0.1) is 7.11 Å². The predicted octanol–water partition coefficient (Wildman–Crippen LogP) is 4.47. The van der Waals surface area contributed by atoms with E-state index < -0.39 is 0 Å². The van der Waals surface area contributed by atoms with Gasteiger partial charge in [-0.15, -0.1) is 0 Å². The van der Waals surface area contributed by atoms with Gasteiger partial charge in [0.2, 0.25) is 0 Å². The molecule has 0 saturated carbocycles. The number of hydrogen-bond donors (Lipinski definition) is 0. The van der Waals surface area contributed by atoms with E-state index in [-0.39, 0.29) is 0 Å². The van der Waals surface area contributed by atoms with Crippen molar-refractivity contribution in [1.82, 2.24) is 0 Å². The smallest absolute Gasteiger partial charge is 0.142 e. The van der Waals surface area contributed by atoms with Gasteiger partial charge in [0, 0.05) is 28.1 Å². The first-order chi connectivity index (χ1) is 9.38. The third-order valence-electron chi connectivity index (χ3n) is 4.16. The minimum absolute atomic E-state index is 0.911. The molecule has 0 fully saturated rings. The number of benzene rings is 2. The lowest BCUT2D eigenvalue weighted by Gasteiger charge is -2.08. The number of hydrogen-bond acceptors (Lipinski definition) is 2. The Morgan fingerprint density at radius 3 is 2.68 bits per heavy atom. The molecule has 96 valence electrons. The van der Waals surface area contributed by atoms with Crippen LogP contribution in [0.5, 0.6) is 5.75 Å². The fraction of sp³-hybridized carbons (Fsp3) is 0.294. The topological polar surface area (TPSA) is 22.4 Å². The second-order valence-corrected chi connectivity index (χ2v) is 5.21. The lowest BCUT2D eigenvalue weighted by Crippen LogP contribution is -1.98. The van der Waals surface area contributed by atoms with Crippen LogP contribution in [0.1, 0.15) is 24.2 Å². The second kappa shape index (κ2) is 4.02. The summed E-state index contributed by atoms with van der Waals surface area (Å²) in [5, 5.41) is 3.57. The van der Waals surface area contributed by atoms with Crippen molar-refractivity contribution in [2.24, 2.45) is 0 Å². The van der Waals surface area contributed by atoms with Gasteiger partial charge in [-0.3, -0.25) is 0 Å². The zero-order valence-electron chi connectivity index (χ0n) is 11.0. The molecule has 3 aromatic rings. The molecule has 1 aromatic heterocycles. The number of ether oxygens (including phenoxy) is 1. The van der Waals surface area contributed by atoms with Crippen LogP contribution in [0.2, 0.25) is 0 Å². The van der Waals surface area contributed by atoms with Crippen LogP contribution in [0.3, 0.4) is 0 Å². The minimum Gasteiger partial charge on any atom is -0.496 e. The number of rotatable bonds is 1. The molecule has 0 saturated heterocycles. The largest absolute Gasteiger partial charge is 0.496 e. The summed E-state index contributed by atoms with van der Waals surface area (Å²) in [5.41, 5.74) is 2.45. The molecular formula is C17H16O2. The maximum atomic E-state index is 6.15.